The lowest BCUT2D eigenvalue weighted by atomic mass is 10.1. The molecular weight excluding hydrogens is 392 g/mol. The van der Waals surface area contributed by atoms with Gasteiger partial charge in [-0.3, -0.25) is 13.9 Å². The predicted molar refractivity (Wildman–Crippen MR) is 112 cm³/mol. The number of hydrogen-bond donors (Lipinski definition) is 2. The van der Waals surface area contributed by atoms with Crippen LogP contribution in [0, 0.1) is 0 Å². The first kappa shape index (κ1) is 20.8. The van der Waals surface area contributed by atoms with Crippen LogP contribution >= 0.6 is 0 Å². The van der Waals surface area contributed by atoms with E-state index in [1.54, 1.807) is 40.4 Å². The normalized spacial score (nSPS) is 11.7. The Hall–Kier alpha value is -2.91. The molecule has 9 heteroatoms. The van der Waals surface area contributed by atoms with E-state index in [0.29, 0.717) is 18.7 Å². The second kappa shape index (κ2) is 8.62. The summed E-state index contributed by atoms with van der Waals surface area (Å²) < 4.78 is 28.6. The minimum atomic E-state index is -3.31. The maximum absolute atomic E-state index is 12.4. The molecule has 0 saturated heterocycles. The number of benzene rings is 2. The molecule has 0 atom stereocenters. The second-order valence-electron chi connectivity index (χ2n) is 6.79. The Morgan fingerprint density at radius 2 is 1.62 bits per heavy atom. The van der Waals surface area contributed by atoms with Gasteiger partial charge in [-0.2, -0.15) is 0 Å². The number of carbonyl (C=O) groups excluding carboxylic acids is 1. The van der Waals surface area contributed by atoms with E-state index in [1.165, 1.54) is 7.05 Å². The summed E-state index contributed by atoms with van der Waals surface area (Å²) in [7, 11) is -0.216. The van der Waals surface area contributed by atoms with Crippen molar-refractivity contribution in [3.05, 3.63) is 70.1 Å². The number of nitrogens with one attached hydrogen (secondary N) is 2. The number of imidazole rings is 1. The van der Waals surface area contributed by atoms with Crippen LogP contribution in [0.25, 0.3) is 11.0 Å². The van der Waals surface area contributed by atoms with Gasteiger partial charge in [-0.05, 0) is 30.3 Å². The van der Waals surface area contributed by atoms with E-state index >= 15 is 0 Å². The minimum absolute atomic E-state index is 0.0874. The third-order valence-corrected chi connectivity index (χ3v) is 6.13. The lowest BCUT2D eigenvalue weighted by molar-refractivity contribution is -0.121. The van der Waals surface area contributed by atoms with E-state index in [0.717, 1.165) is 16.6 Å². The molecule has 0 saturated carbocycles. The van der Waals surface area contributed by atoms with Crippen molar-refractivity contribution >= 4 is 27.0 Å². The average Bonchev–Trinajstić information content (AvgIpc) is 2.96. The third kappa shape index (κ3) is 4.93. The van der Waals surface area contributed by atoms with E-state index in [2.05, 4.69) is 10.0 Å². The first-order valence-electron chi connectivity index (χ1n) is 9.21. The van der Waals surface area contributed by atoms with Crippen LogP contribution < -0.4 is 15.7 Å². The Labute approximate surface area is 169 Å². The number of aromatic nitrogens is 2. The van der Waals surface area contributed by atoms with Gasteiger partial charge in [-0.25, -0.2) is 17.9 Å². The van der Waals surface area contributed by atoms with Crippen LogP contribution in [0.2, 0.25) is 0 Å². The molecule has 2 N–H and O–H groups in total. The van der Waals surface area contributed by atoms with E-state index in [1.807, 2.05) is 24.3 Å². The molecule has 3 rings (SSSR count). The molecule has 3 aromatic rings. The fourth-order valence-electron chi connectivity index (χ4n) is 3.13. The average molecular weight is 417 g/mol. The SMILES string of the molecule is CNS(=O)(=O)Cc1ccc(CNC(=O)CCn2c(=O)n(C)c3ccccc32)cc1. The molecule has 154 valence electrons. The van der Waals surface area contributed by atoms with Gasteiger partial charge in [-0.15, -0.1) is 0 Å². The van der Waals surface area contributed by atoms with Gasteiger partial charge in [0.05, 0.1) is 16.8 Å². The van der Waals surface area contributed by atoms with Crippen molar-refractivity contribution in [2.45, 2.75) is 25.3 Å². The number of aryl methyl sites for hydroxylation is 2. The first-order valence-corrected chi connectivity index (χ1v) is 10.9. The zero-order valence-electron chi connectivity index (χ0n) is 16.4. The maximum Gasteiger partial charge on any atom is 0.328 e. The topological polar surface area (TPSA) is 102 Å². The summed E-state index contributed by atoms with van der Waals surface area (Å²) in [6, 6.07) is 14.5. The summed E-state index contributed by atoms with van der Waals surface area (Å²) in [6.45, 7) is 0.634. The van der Waals surface area contributed by atoms with Gasteiger partial charge in [0, 0.05) is 26.6 Å². The molecule has 0 radical (unpaired) electrons. The van der Waals surface area contributed by atoms with Crippen molar-refractivity contribution in [1.82, 2.24) is 19.2 Å². The highest BCUT2D eigenvalue weighted by molar-refractivity contribution is 7.88. The zero-order chi connectivity index (χ0) is 21.0. The molecular formula is C20H24N4O4S. The van der Waals surface area contributed by atoms with E-state index < -0.39 is 10.0 Å². The number of carbonyl (C=O) groups is 1. The van der Waals surface area contributed by atoms with Gasteiger partial charge in [0.25, 0.3) is 0 Å². The highest BCUT2D eigenvalue weighted by Crippen LogP contribution is 2.12. The Balaban J connectivity index is 1.56. The van der Waals surface area contributed by atoms with Crippen molar-refractivity contribution in [3.8, 4) is 0 Å². The number of amides is 1. The summed E-state index contributed by atoms with van der Waals surface area (Å²) >= 11 is 0. The monoisotopic (exact) mass is 416 g/mol. The number of rotatable bonds is 8. The first-order chi connectivity index (χ1) is 13.8. The van der Waals surface area contributed by atoms with Gasteiger partial charge in [0.1, 0.15) is 0 Å². The molecule has 0 unspecified atom stereocenters. The lowest BCUT2D eigenvalue weighted by Gasteiger charge is -2.08. The van der Waals surface area contributed by atoms with Gasteiger partial charge in [0.2, 0.25) is 15.9 Å². The molecule has 0 aliphatic rings. The highest BCUT2D eigenvalue weighted by Gasteiger charge is 2.12. The van der Waals surface area contributed by atoms with Crippen LogP contribution in [0.3, 0.4) is 0 Å². The van der Waals surface area contributed by atoms with E-state index in [4.69, 9.17) is 0 Å². The Kier molecular flexibility index (Phi) is 6.19. The molecule has 0 fully saturated rings. The molecule has 0 aliphatic carbocycles. The van der Waals surface area contributed by atoms with Gasteiger partial charge >= 0.3 is 5.69 Å². The van der Waals surface area contributed by atoms with Crippen LogP contribution in [0.5, 0.6) is 0 Å². The van der Waals surface area contributed by atoms with Crippen LogP contribution in [0.4, 0.5) is 0 Å². The van der Waals surface area contributed by atoms with Gasteiger partial charge < -0.3 is 5.32 Å². The number of sulfonamides is 1. The summed E-state index contributed by atoms with van der Waals surface area (Å²) in [5, 5.41) is 2.83. The number of nitrogens with zero attached hydrogens (tertiary/aromatic N) is 2. The third-order valence-electron chi connectivity index (χ3n) is 4.79. The Morgan fingerprint density at radius 1 is 1.00 bits per heavy atom. The number of para-hydroxylation sites is 2. The maximum atomic E-state index is 12.4. The Bertz CT molecular complexity index is 1180. The summed E-state index contributed by atoms with van der Waals surface area (Å²) in [5.74, 6) is -0.248. The smallest absolute Gasteiger partial charge is 0.328 e. The molecule has 2 aromatic carbocycles. The second-order valence-corrected chi connectivity index (χ2v) is 8.71. The summed E-state index contributed by atoms with van der Waals surface area (Å²) in [5.41, 5.74) is 3.03. The quantitative estimate of drug-likeness (QED) is 0.574. The van der Waals surface area contributed by atoms with Gasteiger partial charge in [0.15, 0.2) is 0 Å². The summed E-state index contributed by atoms with van der Waals surface area (Å²) in [6.07, 6.45) is 0.187. The highest BCUT2D eigenvalue weighted by atomic mass is 32.2. The molecule has 1 aromatic heterocycles. The zero-order valence-corrected chi connectivity index (χ0v) is 17.2. The fourth-order valence-corrected chi connectivity index (χ4v) is 3.90. The van der Waals surface area contributed by atoms with E-state index in [9.17, 15) is 18.0 Å². The summed E-state index contributed by atoms with van der Waals surface area (Å²) in [4.78, 5) is 24.6. The van der Waals surface area contributed by atoms with Crippen molar-refractivity contribution < 1.29 is 13.2 Å². The van der Waals surface area contributed by atoms with Crippen molar-refractivity contribution in [2.75, 3.05) is 7.05 Å². The molecule has 8 nitrogen and oxygen atoms in total. The van der Waals surface area contributed by atoms with Gasteiger partial charge in [-0.1, -0.05) is 36.4 Å². The molecule has 1 heterocycles. The molecule has 0 aliphatic heterocycles. The van der Waals surface area contributed by atoms with Crippen LogP contribution in [0.15, 0.2) is 53.3 Å². The largest absolute Gasteiger partial charge is 0.352 e. The van der Waals surface area contributed by atoms with Crippen LogP contribution in [-0.2, 0) is 40.7 Å². The predicted octanol–water partition coefficient (Wildman–Crippen LogP) is 1.10. The number of fused-ring (bicyclic) bond motifs is 1. The van der Waals surface area contributed by atoms with Crippen LogP contribution in [0.1, 0.15) is 17.5 Å². The van der Waals surface area contributed by atoms with E-state index in [-0.39, 0.29) is 23.8 Å². The molecule has 29 heavy (non-hydrogen) atoms. The van der Waals surface area contributed by atoms with Crippen LogP contribution in [-0.4, -0.2) is 30.5 Å². The van der Waals surface area contributed by atoms with Crippen molar-refractivity contribution in [3.63, 3.8) is 0 Å². The molecule has 0 spiro atoms. The fraction of sp³-hybridized carbons (Fsp3) is 0.300. The lowest BCUT2D eigenvalue weighted by Crippen LogP contribution is -2.27. The molecule has 1 amide bonds. The Morgan fingerprint density at radius 3 is 2.28 bits per heavy atom. The standard InChI is InChI=1S/C20H24N4O4S/c1-21-29(27,28)14-16-9-7-15(8-10-16)13-22-19(25)11-12-24-18-6-4-3-5-17(18)23(2)20(24)26/h3-10,21H,11-14H2,1-2H3,(H,22,25). The van der Waals surface area contributed by atoms with Crippen molar-refractivity contribution in [2.24, 2.45) is 7.05 Å². The minimum Gasteiger partial charge on any atom is -0.352 e. The number of hydrogen-bond acceptors (Lipinski definition) is 4. The molecule has 0 bridgehead atoms. The van der Waals surface area contributed by atoms with Crippen molar-refractivity contribution in [1.29, 1.82) is 0 Å².